The SMILES string of the molecule is NC(=O)C1CCCCN1C(=O)/C=C/C(=O)O. The topological polar surface area (TPSA) is 101 Å². The lowest BCUT2D eigenvalue weighted by Crippen LogP contribution is -2.50. The van der Waals surface area contributed by atoms with Gasteiger partial charge in [0.05, 0.1) is 0 Å². The fourth-order valence-electron chi connectivity index (χ4n) is 1.73. The summed E-state index contributed by atoms with van der Waals surface area (Å²) in [4.78, 5) is 34.3. The number of carboxylic acids is 1. The fourth-order valence-corrected chi connectivity index (χ4v) is 1.73. The van der Waals surface area contributed by atoms with Crippen LogP contribution >= 0.6 is 0 Å². The van der Waals surface area contributed by atoms with E-state index in [4.69, 9.17) is 10.8 Å². The molecule has 1 unspecified atom stereocenters. The van der Waals surface area contributed by atoms with Crippen LogP contribution in [0.25, 0.3) is 0 Å². The monoisotopic (exact) mass is 226 g/mol. The van der Waals surface area contributed by atoms with Gasteiger partial charge in [0.15, 0.2) is 0 Å². The van der Waals surface area contributed by atoms with Crippen LogP contribution in [-0.4, -0.2) is 40.4 Å². The second-order valence-corrected chi connectivity index (χ2v) is 3.62. The van der Waals surface area contributed by atoms with Crippen LogP contribution in [0.1, 0.15) is 19.3 Å². The minimum Gasteiger partial charge on any atom is -0.478 e. The highest BCUT2D eigenvalue weighted by molar-refractivity contribution is 5.96. The molecular formula is C10H14N2O4. The third kappa shape index (κ3) is 3.08. The minimum absolute atomic E-state index is 0.441. The second kappa shape index (κ2) is 5.29. The molecule has 6 heteroatoms. The Morgan fingerprint density at radius 2 is 1.94 bits per heavy atom. The van der Waals surface area contributed by atoms with Gasteiger partial charge in [-0.2, -0.15) is 0 Å². The zero-order valence-electron chi connectivity index (χ0n) is 8.76. The summed E-state index contributed by atoms with van der Waals surface area (Å²) in [5.74, 6) is -2.22. The van der Waals surface area contributed by atoms with E-state index in [0.29, 0.717) is 13.0 Å². The molecule has 2 amide bonds. The lowest BCUT2D eigenvalue weighted by Gasteiger charge is -2.32. The zero-order valence-corrected chi connectivity index (χ0v) is 8.76. The standard InChI is InChI=1S/C10H14N2O4/c11-10(16)7-3-1-2-6-12(7)8(13)4-5-9(14)15/h4-5,7H,1-3,6H2,(H2,11,16)(H,14,15)/b5-4+. The van der Waals surface area contributed by atoms with Crippen LogP contribution in [0.3, 0.4) is 0 Å². The molecule has 88 valence electrons. The van der Waals surface area contributed by atoms with E-state index < -0.39 is 23.8 Å². The Morgan fingerprint density at radius 1 is 1.25 bits per heavy atom. The van der Waals surface area contributed by atoms with Crippen LogP contribution in [0.5, 0.6) is 0 Å². The molecule has 1 aliphatic rings. The van der Waals surface area contributed by atoms with Gasteiger partial charge in [0.2, 0.25) is 11.8 Å². The molecule has 1 aliphatic heterocycles. The Labute approximate surface area is 92.7 Å². The van der Waals surface area contributed by atoms with Crippen LogP contribution in [-0.2, 0) is 14.4 Å². The number of carboxylic acid groups (broad SMARTS) is 1. The molecule has 3 N–H and O–H groups in total. The Kier molecular flexibility index (Phi) is 4.04. The zero-order chi connectivity index (χ0) is 12.1. The highest BCUT2D eigenvalue weighted by Crippen LogP contribution is 2.16. The molecule has 1 fully saturated rings. The first kappa shape index (κ1) is 12.2. The summed E-state index contributed by atoms with van der Waals surface area (Å²) < 4.78 is 0. The van der Waals surface area contributed by atoms with Crippen molar-refractivity contribution < 1.29 is 19.5 Å². The van der Waals surface area contributed by atoms with Crippen molar-refractivity contribution in [3.05, 3.63) is 12.2 Å². The van der Waals surface area contributed by atoms with E-state index in [1.165, 1.54) is 4.90 Å². The highest BCUT2D eigenvalue weighted by atomic mass is 16.4. The van der Waals surface area contributed by atoms with Crippen molar-refractivity contribution in [1.82, 2.24) is 4.90 Å². The van der Waals surface area contributed by atoms with Gasteiger partial charge in [-0.1, -0.05) is 0 Å². The van der Waals surface area contributed by atoms with Gasteiger partial charge < -0.3 is 15.7 Å². The first-order valence-electron chi connectivity index (χ1n) is 5.03. The summed E-state index contributed by atoms with van der Waals surface area (Å²) in [7, 11) is 0. The second-order valence-electron chi connectivity index (χ2n) is 3.62. The maximum atomic E-state index is 11.6. The first-order valence-corrected chi connectivity index (χ1v) is 5.03. The normalized spacial score (nSPS) is 21.0. The number of carbonyl (C=O) groups is 3. The summed E-state index contributed by atoms with van der Waals surface area (Å²) in [5.41, 5.74) is 5.18. The third-order valence-electron chi connectivity index (χ3n) is 2.48. The van der Waals surface area contributed by atoms with Gasteiger partial charge in [-0.3, -0.25) is 9.59 Å². The van der Waals surface area contributed by atoms with Gasteiger partial charge in [0.1, 0.15) is 6.04 Å². The molecule has 0 spiro atoms. The molecule has 6 nitrogen and oxygen atoms in total. The largest absolute Gasteiger partial charge is 0.478 e. The number of carbonyl (C=O) groups excluding carboxylic acids is 2. The number of hydrogen-bond donors (Lipinski definition) is 2. The van der Waals surface area contributed by atoms with Crippen molar-refractivity contribution in [3.8, 4) is 0 Å². The number of hydrogen-bond acceptors (Lipinski definition) is 3. The van der Waals surface area contributed by atoms with Crippen molar-refractivity contribution in [1.29, 1.82) is 0 Å². The van der Waals surface area contributed by atoms with E-state index >= 15 is 0 Å². The number of amides is 2. The predicted molar refractivity (Wildman–Crippen MR) is 55.3 cm³/mol. The van der Waals surface area contributed by atoms with Crippen LogP contribution < -0.4 is 5.73 Å². The van der Waals surface area contributed by atoms with Gasteiger partial charge in [0, 0.05) is 18.7 Å². The average molecular weight is 226 g/mol. The molecule has 1 rings (SSSR count). The molecular weight excluding hydrogens is 212 g/mol. The summed E-state index contributed by atoms with van der Waals surface area (Å²) in [5, 5.41) is 8.39. The van der Waals surface area contributed by atoms with Gasteiger partial charge in [0.25, 0.3) is 0 Å². The number of nitrogens with two attached hydrogens (primary N) is 1. The lowest BCUT2D eigenvalue weighted by atomic mass is 10.0. The van der Waals surface area contributed by atoms with Gasteiger partial charge >= 0.3 is 5.97 Å². The molecule has 16 heavy (non-hydrogen) atoms. The first-order chi connectivity index (χ1) is 7.52. The Bertz CT molecular complexity index is 338. The molecule has 0 radical (unpaired) electrons. The Hall–Kier alpha value is -1.85. The molecule has 0 aliphatic carbocycles. The molecule has 0 aromatic rings. The van der Waals surface area contributed by atoms with Crippen molar-refractivity contribution in [2.45, 2.75) is 25.3 Å². The van der Waals surface area contributed by atoms with Crippen LogP contribution in [0.2, 0.25) is 0 Å². The van der Waals surface area contributed by atoms with Crippen molar-refractivity contribution in [2.24, 2.45) is 5.73 Å². The number of likely N-dealkylation sites (tertiary alicyclic amines) is 1. The number of rotatable bonds is 3. The van der Waals surface area contributed by atoms with Crippen LogP contribution in [0, 0.1) is 0 Å². The van der Waals surface area contributed by atoms with Gasteiger partial charge in [-0.15, -0.1) is 0 Å². The molecule has 1 atom stereocenters. The van der Waals surface area contributed by atoms with E-state index in [9.17, 15) is 14.4 Å². The van der Waals surface area contributed by atoms with E-state index in [-0.39, 0.29) is 0 Å². The van der Waals surface area contributed by atoms with E-state index in [1.807, 2.05) is 0 Å². The minimum atomic E-state index is -1.19. The van der Waals surface area contributed by atoms with Crippen molar-refractivity contribution in [2.75, 3.05) is 6.54 Å². The van der Waals surface area contributed by atoms with E-state index in [2.05, 4.69) is 0 Å². The van der Waals surface area contributed by atoms with Gasteiger partial charge in [-0.25, -0.2) is 4.79 Å². The molecule has 0 aromatic heterocycles. The molecule has 1 saturated heterocycles. The molecule has 0 aromatic carbocycles. The maximum Gasteiger partial charge on any atom is 0.328 e. The van der Waals surface area contributed by atoms with Crippen LogP contribution in [0.4, 0.5) is 0 Å². The summed E-state index contributed by atoms with van der Waals surface area (Å²) in [6, 6.07) is -0.611. The quantitative estimate of drug-likeness (QED) is 0.633. The Balaban J connectivity index is 2.71. The fraction of sp³-hybridized carbons (Fsp3) is 0.500. The molecule has 0 bridgehead atoms. The van der Waals surface area contributed by atoms with Gasteiger partial charge in [-0.05, 0) is 19.3 Å². The van der Waals surface area contributed by atoms with Crippen LogP contribution in [0.15, 0.2) is 12.2 Å². The van der Waals surface area contributed by atoms with E-state index in [1.54, 1.807) is 0 Å². The lowest BCUT2D eigenvalue weighted by molar-refractivity contribution is -0.137. The third-order valence-corrected chi connectivity index (χ3v) is 2.48. The number of piperidine rings is 1. The molecule has 1 heterocycles. The number of primary amides is 1. The molecule has 0 saturated carbocycles. The summed E-state index contributed by atoms with van der Waals surface area (Å²) in [6.45, 7) is 0.441. The highest BCUT2D eigenvalue weighted by Gasteiger charge is 2.29. The predicted octanol–water partition coefficient (Wildman–Crippen LogP) is -0.506. The summed E-state index contributed by atoms with van der Waals surface area (Å²) in [6.07, 6.45) is 3.90. The number of aliphatic carboxylic acids is 1. The summed E-state index contributed by atoms with van der Waals surface area (Å²) >= 11 is 0. The Morgan fingerprint density at radius 3 is 2.50 bits per heavy atom. The smallest absolute Gasteiger partial charge is 0.328 e. The average Bonchev–Trinajstić information content (AvgIpc) is 2.25. The number of nitrogens with zero attached hydrogens (tertiary/aromatic N) is 1. The van der Waals surface area contributed by atoms with E-state index in [0.717, 1.165) is 25.0 Å². The maximum absolute atomic E-state index is 11.6. The van der Waals surface area contributed by atoms with Crippen molar-refractivity contribution >= 4 is 17.8 Å². The van der Waals surface area contributed by atoms with Crippen molar-refractivity contribution in [3.63, 3.8) is 0 Å².